The molecule has 0 bridgehead atoms. The summed E-state index contributed by atoms with van der Waals surface area (Å²) in [4.78, 5) is 46.2. The number of hydrogen-bond donors (Lipinski definition) is 4. The van der Waals surface area contributed by atoms with E-state index in [4.69, 9.17) is 15.2 Å². The minimum atomic E-state index is -4.20. The number of rotatable bonds is 14. The van der Waals surface area contributed by atoms with E-state index < -0.39 is 45.2 Å². The fourth-order valence-corrected chi connectivity index (χ4v) is 10.0. The summed E-state index contributed by atoms with van der Waals surface area (Å²) in [6.45, 7) is 22.0. The van der Waals surface area contributed by atoms with Gasteiger partial charge in [-0.05, 0) is 98.7 Å². The zero-order valence-electron chi connectivity index (χ0n) is 36.2. The molecule has 0 saturated heterocycles. The number of nitrogens with one attached hydrogen (secondary N) is 3. The number of benzene rings is 3. The van der Waals surface area contributed by atoms with E-state index in [-0.39, 0.29) is 54.1 Å². The summed E-state index contributed by atoms with van der Waals surface area (Å²) in [5.41, 5.74) is 11.8. The minimum absolute atomic E-state index is 0.0255. The number of nitrogens with two attached hydrogens (primary N) is 1. The Morgan fingerprint density at radius 3 is 2.08 bits per heavy atom. The van der Waals surface area contributed by atoms with E-state index in [1.807, 2.05) is 69.3 Å². The van der Waals surface area contributed by atoms with Crippen LogP contribution in [0.1, 0.15) is 114 Å². The number of isocyanates is 1. The predicted octanol–water partition coefficient (Wildman–Crippen LogP) is 7.19. The van der Waals surface area contributed by atoms with Crippen LogP contribution < -0.4 is 25.8 Å². The SMILES string of the molecule is Cc1c(C)c(S(=O)(=O)NC(N)=NCCC[C@H](NC(=O)OCC2c3ccccc3-c3ccccc32)C(=O)N[C@@H](CC(C)C)N=C=O)c(C)c2c1OC(C)(C)C(C)(C)C2(C)C. The Hall–Kier alpha value is -5.20. The van der Waals surface area contributed by atoms with Gasteiger partial charge in [-0.2, -0.15) is 4.99 Å². The largest absolute Gasteiger partial charge is 0.487 e. The summed E-state index contributed by atoms with van der Waals surface area (Å²) in [7, 11) is -4.20. The van der Waals surface area contributed by atoms with Crippen molar-refractivity contribution in [3.63, 3.8) is 0 Å². The number of amides is 2. The number of guanidine groups is 1. The van der Waals surface area contributed by atoms with Gasteiger partial charge < -0.3 is 25.8 Å². The molecule has 0 aromatic heterocycles. The molecule has 2 aliphatic rings. The van der Waals surface area contributed by atoms with Crippen molar-refractivity contribution in [2.75, 3.05) is 13.2 Å². The van der Waals surface area contributed by atoms with Crippen molar-refractivity contribution < 1.29 is 32.3 Å². The zero-order chi connectivity index (χ0) is 43.7. The summed E-state index contributed by atoms with van der Waals surface area (Å²) in [6.07, 6.45) is 0.557. The van der Waals surface area contributed by atoms with Crippen molar-refractivity contribution >= 4 is 34.1 Å². The number of ether oxygens (including phenoxy) is 2. The Morgan fingerprint density at radius 1 is 0.915 bits per heavy atom. The molecule has 59 heavy (non-hydrogen) atoms. The molecule has 0 radical (unpaired) electrons. The quantitative estimate of drug-likeness (QED) is 0.0568. The van der Waals surface area contributed by atoms with E-state index in [1.165, 1.54) is 6.08 Å². The van der Waals surface area contributed by atoms with Gasteiger partial charge in [0.2, 0.25) is 17.9 Å². The zero-order valence-corrected chi connectivity index (χ0v) is 37.0. The minimum Gasteiger partial charge on any atom is -0.487 e. The lowest BCUT2D eigenvalue weighted by atomic mass is 9.55. The maximum absolute atomic E-state index is 14.0. The van der Waals surface area contributed by atoms with Gasteiger partial charge in [-0.1, -0.05) is 90.1 Å². The number of aliphatic imine (C=N–C) groups is 2. The Morgan fingerprint density at radius 2 is 1.51 bits per heavy atom. The second kappa shape index (κ2) is 17.2. The number of fused-ring (bicyclic) bond motifs is 4. The van der Waals surface area contributed by atoms with Crippen molar-refractivity contribution in [1.29, 1.82) is 0 Å². The van der Waals surface area contributed by atoms with Gasteiger partial charge in [0, 0.05) is 28.9 Å². The predicted molar refractivity (Wildman–Crippen MR) is 230 cm³/mol. The smallest absolute Gasteiger partial charge is 0.407 e. The first kappa shape index (κ1) is 44.9. The van der Waals surface area contributed by atoms with Crippen molar-refractivity contribution in [3.05, 3.63) is 81.9 Å². The topological polar surface area (TPSA) is 191 Å². The normalized spacial score (nSPS) is 17.3. The summed E-state index contributed by atoms with van der Waals surface area (Å²) in [5.74, 6) is -0.278. The Kier molecular flexibility index (Phi) is 13.1. The number of carbonyl (C=O) groups excluding carboxylic acids is 3. The Bertz CT molecular complexity index is 2250. The molecular weight excluding hydrogens is 769 g/mol. The highest BCUT2D eigenvalue weighted by Crippen LogP contribution is 2.59. The number of alkyl carbamates (subject to hydrolysis) is 1. The maximum Gasteiger partial charge on any atom is 0.407 e. The van der Waals surface area contributed by atoms with Crippen molar-refractivity contribution in [3.8, 4) is 16.9 Å². The second-order valence-corrected chi connectivity index (χ2v) is 19.3. The average molecular weight is 829 g/mol. The van der Waals surface area contributed by atoms with E-state index in [2.05, 4.69) is 66.9 Å². The van der Waals surface area contributed by atoms with Crippen LogP contribution in [0.25, 0.3) is 11.1 Å². The molecule has 0 saturated carbocycles. The lowest BCUT2D eigenvalue weighted by Crippen LogP contribution is -2.58. The third kappa shape index (κ3) is 8.89. The van der Waals surface area contributed by atoms with E-state index in [0.29, 0.717) is 23.3 Å². The third-order valence-corrected chi connectivity index (χ3v) is 14.5. The molecule has 5 N–H and O–H groups in total. The molecule has 14 heteroatoms. The molecule has 3 aromatic carbocycles. The fourth-order valence-electron chi connectivity index (χ4n) is 8.51. The number of hydrogen-bond acceptors (Lipinski definition) is 9. The Balaban J connectivity index is 1.30. The standard InChI is InChI=1S/C45H60N6O7S/c1-26(2)23-36(48-25-52)50-40(53)35(49-42(54)57-24-34-32-19-14-12-17-30(32)31-18-13-15-20-33(31)34)21-16-22-47-41(46)51-59(55,56)39-28(4)27(3)38-37(29(39)5)43(6,7)44(8,9)45(10,11)58-38/h12-15,17-20,26,34-36H,16,21-24H2,1-11H3,(H,49,54)(H,50,53)(H3,46,47,51)/t35-,36-/m0/s1. The molecule has 1 aliphatic heterocycles. The van der Waals surface area contributed by atoms with Crippen LogP contribution in [0.2, 0.25) is 0 Å². The van der Waals surface area contributed by atoms with Crippen LogP contribution in [0, 0.1) is 32.1 Å². The summed E-state index contributed by atoms with van der Waals surface area (Å²) in [6, 6.07) is 14.8. The van der Waals surface area contributed by atoms with Gasteiger partial charge in [-0.25, -0.2) is 22.7 Å². The van der Waals surface area contributed by atoms with Gasteiger partial charge in [0.25, 0.3) is 10.0 Å². The molecule has 2 atom stereocenters. The summed E-state index contributed by atoms with van der Waals surface area (Å²) in [5, 5.41) is 5.41. The first-order valence-corrected chi connectivity index (χ1v) is 21.7. The van der Waals surface area contributed by atoms with Crippen LogP contribution >= 0.6 is 0 Å². The van der Waals surface area contributed by atoms with Crippen LogP contribution in [0.15, 0.2) is 63.4 Å². The molecule has 3 aromatic rings. The van der Waals surface area contributed by atoms with Crippen LogP contribution in [0.3, 0.4) is 0 Å². The van der Waals surface area contributed by atoms with E-state index >= 15 is 0 Å². The van der Waals surface area contributed by atoms with Gasteiger partial charge in [-0.3, -0.25) is 9.79 Å². The molecule has 0 spiro atoms. The fraction of sp³-hybridized carbons (Fsp3) is 0.511. The van der Waals surface area contributed by atoms with Crippen LogP contribution in [0.4, 0.5) is 4.79 Å². The molecule has 1 heterocycles. The number of sulfonamides is 1. The third-order valence-electron chi connectivity index (χ3n) is 12.8. The van der Waals surface area contributed by atoms with Crippen LogP contribution in [0.5, 0.6) is 5.75 Å². The van der Waals surface area contributed by atoms with E-state index in [0.717, 1.165) is 33.4 Å². The molecule has 13 nitrogen and oxygen atoms in total. The van der Waals surface area contributed by atoms with E-state index in [1.54, 1.807) is 13.8 Å². The first-order valence-electron chi connectivity index (χ1n) is 20.2. The average Bonchev–Trinajstić information content (AvgIpc) is 3.46. The first-order chi connectivity index (χ1) is 27.6. The maximum atomic E-state index is 14.0. The summed E-state index contributed by atoms with van der Waals surface area (Å²) < 4.78 is 42.9. The van der Waals surface area contributed by atoms with Gasteiger partial charge >= 0.3 is 6.09 Å². The van der Waals surface area contributed by atoms with E-state index in [9.17, 15) is 22.8 Å². The number of nitrogens with zero attached hydrogens (tertiary/aromatic N) is 2. The van der Waals surface area contributed by atoms with Gasteiger partial charge in [0.1, 0.15) is 30.2 Å². The van der Waals surface area contributed by atoms with Gasteiger partial charge in [0.15, 0.2) is 0 Å². The molecule has 318 valence electrons. The highest BCUT2D eigenvalue weighted by atomic mass is 32.2. The molecule has 0 fully saturated rings. The molecular formula is C45H60N6O7S. The molecule has 0 unspecified atom stereocenters. The Labute approximate surface area is 349 Å². The lowest BCUT2D eigenvalue weighted by molar-refractivity contribution is -0.124. The summed E-state index contributed by atoms with van der Waals surface area (Å²) >= 11 is 0. The molecule has 1 aliphatic carbocycles. The highest BCUT2D eigenvalue weighted by Gasteiger charge is 2.56. The molecule has 2 amide bonds. The number of carbonyl (C=O) groups is 2. The van der Waals surface area contributed by atoms with Crippen molar-refractivity contribution in [2.24, 2.45) is 27.1 Å². The van der Waals surface area contributed by atoms with Crippen LogP contribution in [-0.4, -0.2) is 63.4 Å². The highest BCUT2D eigenvalue weighted by molar-refractivity contribution is 7.90. The monoisotopic (exact) mass is 828 g/mol. The van der Waals surface area contributed by atoms with Crippen molar-refractivity contribution in [2.45, 2.75) is 129 Å². The van der Waals surface area contributed by atoms with Crippen molar-refractivity contribution in [1.82, 2.24) is 15.4 Å². The second-order valence-electron chi connectivity index (χ2n) is 17.7. The molecule has 5 rings (SSSR count). The lowest BCUT2D eigenvalue weighted by Gasteiger charge is -2.57. The van der Waals surface area contributed by atoms with Gasteiger partial charge in [0.05, 0.1) is 4.90 Å². The van der Waals surface area contributed by atoms with Gasteiger partial charge in [-0.15, -0.1) is 0 Å². The van der Waals surface area contributed by atoms with Crippen LogP contribution in [-0.2, 0) is 29.8 Å².